The Hall–Kier alpha value is -1.62. The van der Waals surface area contributed by atoms with E-state index in [0.29, 0.717) is 5.69 Å². The van der Waals surface area contributed by atoms with Gasteiger partial charge in [0.15, 0.2) is 11.5 Å². The minimum Gasteiger partial charge on any atom is -0.504 e. The summed E-state index contributed by atoms with van der Waals surface area (Å²) in [6.45, 7) is 1.63. The lowest BCUT2D eigenvalue weighted by atomic mass is 10.2. The zero-order valence-electron chi connectivity index (χ0n) is 8.93. The molecule has 1 aromatic rings. The lowest BCUT2D eigenvalue weighted by Crippen LogP contribution is -2.27. The van der Waals surface area contributed by atoms with Gasteiger partial charge in [-0.25, -0.2) is 4.79 Å². The highest BCUT2D eigenvalue weighted by Gasteiger charge is 2.12. The average Bonchev–Trinajstić information content (AvgIpc) is 2.22. The van der Waals surface area contributed by atoms with E-state index in [4.69, 9.17) is 5.11 Å². The van der Waals surface area contributed by atoms with E-state index in [1.807, 2.05) is 0 Å². The van der Waals surface area contributed by atoms with Crippen molar-refractivity contribution in [2.45, 2.75) is 13.0 Å². The van der Waals surface area contributed by atoms with Crippen LogP contribution in [-0.2, 0) is 9.53 Å². The Morgan fingerprint density at radius 1 is 1.38 bits per heavy atom. The van der Waals surface area contributed by atoms with Gasteiger partial charge in [0.25, 0.3) is 0 Å². The van der Waals surface area contributed by atoms with Crippen LogP contribution in [0.1, 0.15) is 6.92 Å². The summed E-state index contributed by atoms with van der Waals surface area (Å²) in [5.41, 5.74) is 0.531. The molecule has 0 aliphatic rings. The molecule has 0 fully saturated rings. The molecule has 0 unspecified atom stereocenters. The fraction of sp³-hybridized carbons (Fsp3) is 0.300. The molecule has 0 amide bonds. The first-order valence-electron chi connectivity index (χ1n) is 4.41. The van der Waals surface area contributed by atoms with Crippen molar-refractivity contribution in [1.29, 1.82) is 0 Å². The van der Waals surface area contributed by atoms with Crippen molar-refractivity contribution in [3.8, 4) is 11.5 Å². The summed E-state index contributed by atoms with van der Waals surface area (Å²) >= 11 is 0. The molecular weight excluding hydrogens is 234 g/mol. The Morgan fingerprint density at radius 2 is 2.00 bits per heavy atom. The predicted octanol–water partition coefficient (Wildman–Crippen LogP) is 1.49. The summed E-state index contributed by atoms with van der Waals surface area (Å²) in [6, 6.07) is 3.70. The number of carbonyl (C=O) groups excluding carboxylic acids is 1. The fourth-order valence-corrected chi connectivity index (χ4v) is 1.10. The van der Waals surface area contributed by atoms with Crippen molar-refractivity contribution in [1.82, 2.24) is 0 Å². The second-order valence-electron chi connectivity index (χ2n) is 3.09. The Morgan fingerprint density at radius 3 is 2.50 bits per heavy atom. The Balaban J connectivity index is 0.00000225. The summed E-state index contributed by atoms with van der Waals surface area (Å²) in [5.74, 6) is -0.842. The highest BCUT2D eigenvalue weighted by atomic mass is 35.5. The van der Waals surface area contributed by atoms with Crippen LogP contribution in [0.15, 0.2) is 18.2 Å². The van der Waals surface area contributed by atoms with Gasteiger partial charge in [0.05, 0.1) is 7.11 Å². The molecule has 0 aliphatic heterocycles. The number of methoxy groups -OCH3 is 1. The summed E-state index contributed by atoms with van der Waals surface area (Å²) < 4.78 is 4.52. The van der Waals surface area contributed by atoms with Crippen molar-refractivity contribution in [2.75, 3.05) is 12.4 Å². The molecule has 6 heteroatoms. The predicted molar refractivity (Wildman–Crippen MR) is 62.1 cm³/mol. The van der Waals surface area contributed by atoms with Gasteiger partial charge in [-0.1, -0.05) is 0 Å². The highest BCUT2D eigenvalue weighted by Crippen LogP contribution is 2.27. The molecule has 90 valence electrons. The molecule has 1 rings (SSSR count). The Bertz CT molecular complexity index is 370. The fourth-order valence-electron chi connectivity index (χ4n) is 1.10. The molecule has 1 aromatic carbocycles. The smallest absolute Gasteiger partial charge is 0.327 e. The molecule has 5 nitrogen and oxygen atoms in total. The van der Waals surface area contributed by atoms with Crippen molar-refractivity contribution in [3.63, 3.8) is 0 Å². The Kier molecular flexibility index (Phi) is 5.46. The van der Waals surface area contributed by atoms with Gasteiger partial charge in [-0.15, -0.1) is 12.4 Å². The second kappa shape index (κ2) is 6.07. The minimum atomic E-state index is -0.515. The van der Waals surface area contributed by atoms with Crippen LogP contribution in [0.5, 0.6) is 11.5 Å². The molecule has 0 spiro atoms. The SMILES string of the molecule is COC(=O)[C@H](C)Nc1ccc(O)c(O)c1.Cl. The van der Waals surface area contributed by atoms with E-state index in [9.17, 15) is 9.90 Å². The van der Waals surface area contributed by atoms with Crippen molar-refractivity contribution < 1.29 is 19.7 Å². The third-order valence-corrected chi connectivity index (χ3v) is 1.91. The van der Waals surface area contributed by atoms with Crippen molar-refractivity contribution in [3.05, 3.63) is 18.2 Å². The number of ether oxygens (including phenoxy) is 1. The van der Waals surface area contributed by atoms with Gasteiger partial charge in [0.1, 0.15) is 6.04 Å². The van der Waals surface area contributed by atoms with Crippen LogP contribution < -0.4 is 5.32 Å². The maximum atomic E-state index is 11.1. The number of halogens is 1. The van der Waals surface area contributed by atoms with Gasteiger partial charge < -0.3 is 20.3 Å². The van der Waals surface area contributed by atoms with Gasteiger partial charge >= 0.3 is 5.97 Å². The normalized spacial score (nSPS) is 11.1. The molecule has 1 atom stereocenters. The van der Waals surface area contributed by atoms with Crippen LogP contribution in [-0.4, -0.2) is 29.3 Å². The first-order chi connectivity index (χ1) is 7.04. The van der Waals surface area contributed by atoms with E-state index in [-0.39, 0.29) is 23.9 Å². The number of aromatic hydroxyl groups is 2. The molecule has 0 saturated heterocycles. The number of nitrogens with one attached hydrogen (secondary N) is 1. The minimum absolute atomic E-state index is 0. The van der Waals surface area contributed by atoms with E-state index in [2.05, 4.69) is 10.1 Å². The van der Waals surface area contributed by atoms with Gasteiger partial charge in [0.2, 0.25) is 0 Å². The summed E-state index contributed by atoms with van der Waals surface area (Å²) in [6.07, 6.45) is 0. The van der Waals surface area contributed by atoms with Crippen LogP contribution in [0, 0.1) is 0 Å². The second-order valence-corrected chi connectivity index (χ2v) is 3.09. The highest BCUT2D eigenvalue weighted by molar-refractivity contribution is 5.85. The van der Waals surface area contributed by atoms with Crippen LogP contribution in [0.3, 0.4) is 0 Å². The number of carbonyl (C=O) groups is 1. The standard InChI is InChI=1S/C10H13NO4.ClH/c1-6(10(14)15-2)11-7-3-4-8(12)9(13)5-7;/h3-6,11-13H,1-2H3;1H/t6-;/m0./s1. The number of anilines is 1. The number of phenols is 2. The number of hydrogen-bond acceptors (Lipinski definition) is 5. The van der Waals surface area contributed by atoms with Crippen molar-refractivity contribution >= 4 is 24.1 Å². The zero-order valence-corrected chi connectivity index (χ0v) is 9.75. The largest absolute Gasteiger partial charge is 0.504 e. The van der Waals surface area contributed by atoms with Gasteiger partial charge in [-0.3, -0.25) is 0 Å². The van der Waals surface area contributed by atoms with E-state index in [1.165, 1.54) is 19.2 Å². The number of phenolic OH excluding ortho intramolecular Hbond substituents is 2. The third kappa shape index (κ3) is 3.51. The van der Waals surface area contributed by atoms with Gasteiger partial charge in [-0.05, 0) is 19.1 Å². The van der Waals surface area contributed by atoms with E-state index >= 15 is 0 Å². The zero-order chi connectivity index (χ0) is 11.4. The maximum Gasteiger partial charge on any atom is 0.327 e. The quantitative estimate of drug-likeness (QED) is 0.429. The molecule has 0 heterocycles. The van der Waals surface area contributed by atoms with Crippen LogP contribution in [0.4, 0.5) is 5.69 Å². The topological polar surface area (TPSA) is 78.8 Å². The molecule has 0 bridgehead atoms. The molecule has 0 radical (unpaired) electrons. The molecular formula is C10H14ClNO4. The van der Waals surface area contributed by atoms with Crippen LogP contribution >= 0.6 is 12.4 Å². The monoisotopic (exact) mass is 247 g/mol. The molecule has 0 saturated carbocycles. The summed E-state index contributed by atoms with van der Waals surface area (Å²) in [7, 11) is 1.30. The van der Waals surface area contributed by atoms with Gasteiger partial charge in [0, 0.05) is 11.8 Å². The number of rotatable bonds is 3. The number of benzene rings is 1. The third-order valence-electron chi connectivity index (χ3n) is 1.91. The molecule has 16 heavy (non-hydrogen) atoms. The van der Waals surface area contributed by atoms with E-state index in [0.717, 1.165) is 0 Å². The molecule has 0 aromatic heterocycles. The number of esters is 1. The van der Waals surface area contributed by atoms with E-state index in [1.54, 1.807) is 13.0 Å². The molecule has 3 N–H and O–H groups in total. The first-order valence-corrected chi connectivity index (χ1v) is 4.41. The van der Waals surface area contributed by atoms with Crippen LogP contribution in [0.25, 0.3) is 0 Å². The summed E-state index contributed by atoms with van der Waals surface area (Å²) in [4.78, 5) is 11.1. The summed E-state index contributed by atoms with van der Waals surface area (Å²) in [5, 5.41) is 21.1. The first kappa shape index (κ1) is 14.4. The maximum absolute atomic E-state index is 11.1. The number of hydrogen-bond donors (Lipinski definition) is 3. The van der Waals surface area contributed by atoms with Crippen LogP contribution in [0.2, 0.25) is 0 Å². The van der Waals surface area contributed by atoms with E-state index < -0.39 is 12.0 Å². The molecule has 0 aliphatic carbocycles. The van der Waals surface area contributed by atoms with Crippen molar-refractivity contribution in [2.24, 2.45) is 0 Å². The lowest BCUT2D eigenvalue weighted by Gasteiger charge is -2.13. The average molecular weight is 248 g/mol. The Labute approximate surface area is 99.5 Å². The lowest BCUT2D eigenvalue weighted by molar-refractivity contribution is -0.141. The van der Waals surface area contributed by atoms with Gasteiger partial charge in [-0.2, -0.15) is 0 Å².